The van der Waals surface area contributed by atoms with E-state index in [0.717, 1.165) is 17.2 Å². The van der Waals surface area contributed by atoms with Gasteiger partial charge in [-0.2, -0.15) is 13.2 Å². The molecule has 0 radical (unpaired) electrons. The Kier molecular flexibility index (Phi) is 8.09. The fraction of sp³-hybridized carbons (Fsp3) is 0.280. The summed E-state index contributed by atoms with van der Waals surface area (Å²) in [7, 11) is 0. The Labute approximate surface area is 193 Å². The Hall–Kier alpha value is -3.20. The van der Waals surface area contributed by atoms with Crippen molar-refractivity contribution < 1.29 is 36.2 Å². The van der Waals surface area contributed by atoms with Crippen LogP contribution < -0.4 is 9.64 Å². The van der Waals surface area contributed by atoms with Crippen LogP contribution in [0.3, 0.4) is 0 Å². The zero-order valence-electron chi connectivity index (χ0n) is 18.0. The number of halogens is 6. The SMILES string of the molecule is OCC(CCN(Cc1cccc(OC(F)(F)F)c1)c1ccc(-c2ccccc2)cc1)C(F)(F)F. The summed E-state index contributed by atoms with van der Waals surface area (Å²) >= 11 is 0. The molecule has 0 aliphatic rings. The van der Waals surface area contributed by atoms with Gasteiger partial charge in [0.2, 0.25) is 0 Å². The largest absolute Gasteiger partial charge is 0.573 e. The van der Waals surface area contributed by atoms with E-state index in [1.165, 1.54) is 12.1 Å². The minimum Gasteiger partial charge on any atom is -0.406 e. The second-order valence-electron chi connectivity index (χ2n) is 7.74. The average molecular weight is 483 g/mol. The van der Waals surface area contributed by atoms with Gasteiger partial charge in [-0.3, -0.25) is 0 Å². The zero-order valence-corrected chi connectivity index (χ0v) is 18.0. The molecule has 1 atom stereocenters. The third-order valence-corrected chi connectivity index (χ3v) is 5.28. The third-order valence-electron chi connectivity index (χ3n) is 5.28. The van der Waals surface area contributed by atoms with Gasteiger partial charge < -0.3 is 14.7 Å². The highest BCUT2D eigenvalue weighted by molar-refractivity contribution is 5.66. The predicted molar refractivity (Wildman–Crippen MR) is 117 cm³/mol. The molecule has 182 valence electrons. The summed E-state index contributed by atoms with van der Waals surface area (Å²) in [5.74, 6) is -2.31. The fourth-order valence-electron chi connectivity index (χ4n) is 3.53. The Morgan fingerprint density at radius 1 is 0.794 bits per heavy atom. The summed E-state index contributed by atoms with van der Waals surface area (Å²) in [4.78, 5) is 1.63. The van der Waals surface area contributed by atoms with E-state index < -0.39 is 30.8 Å². The molecule has 0 heterocycles. The molecule has 0 saturated carbocycles. The normalized spacial score (nSPS) is 12.9. The minimum absolute atomic E-state index is 0.0513. The van der Waals surface area contributed by atoms with Crippen LogP contribution in [0.25, 0.3) is 11.1 Å². The summed E-state index contributed by atoms with van der Waals surface area (Å²) in [6.45, 7) is -1.06. The molecule has 0 spiro atoms. The van der Waals surface area contributed by atoms with E-state index in [1.807, 2.05) is 42.5 Å². The lowest BCUT2D eigenvalue weighted by Gasteiger charge is -2.28. The fourth-order valence-corrected chi connectivity index (χ4v) is 3.53. The number of alkyl halides is 6. The number of benzene rings is 3. The number of aliphatic hydroxyl groups is 1. The van der Waals surface area contributed by atoms with Gasteiger partial charge in [-0.25, -0.2) is 0 Å². The van der Waals surface area contributed by atoms with E-state index in [2.05, 4.69) is 4.74 Å². The Balaban J connectivity index is 1.84. The van der Waals surface area contributed by atoms with Gasteiger partial charge in [0.1, 0.15) is 5.75 Å². The standard InChI is InChI=1S/C25H23F6NO2/c26-24(27,28)21(17-33)13-14-32(16-18-5-4-8-23(15-18)34-25(29,30)31)22-11-9-20(10-12-22)19-6-2-1-3-7-19/h1-12,15,21,33H,13-14,16-17H2. The molecule has 3 nitrogen and oxygen atoms in total. The van der Waals surface area contributed by atoms with Crippen LogP contribution in [-0.4, -0.2) is 30.8 Å². The van der Waals surface area contributed by atoms with Crippen LogP contribution in [0.2, 0.25) is 0 Å². The minimum atomic E-state index is -4.85. The first-order valence-corrected chi connectivity index (χ1v) is 10.5. The molecule has 3 rings (SSSR count). The topological polar surface area (TPSA) is 32.7 Å². The molecule has 0 aliphatic heterocycles. The Bertz CT molecular complexity index is 1040. The van der Waals surface area contributed by atoms with E-state index in [-0.39, 0.29) is 19.5 Å². The van der Waals surface area contributed by atoms with Gasteiger partial charge >= 0.3 is 12.5 Å². The van der Waals surface area contributed by atoms with Crippen LogP contribution in [0.1, 0.15) is 12.0 Å². The molecule has 0 fully saturated rings. The van der Waals surface area contributed by atoms with Crippen molar-refractivity contribution in [2.24, 2.45) is 5.92 Å². The number of aliphatic hydroxyl groups excluding tert-OH is 1. The summed E-state index contributed by atoms with van der Waals surface area (Å²) in [6, 6.07) is 22.0. The summed E-state index contributed by atoms with van der Waals surface area (Å²) < 4.78 is 81.1. The molecule has 3 aromatic rings. The quantitative estimate of drug-likeness (QED) is 0.339. The van der Waals surface area contributed by atoms with Crippen molar-refractivity contribution in [1.29, 1.82) is 0 Å². The van der Waals surface area contributed by atoms with E-state index in [1.54, 1.807) is 23.1 Å². The second-order valence-corrected chi connectivity index (χ2v) is 7.74. The molecule has 9 heteroatoms. The smallest absolute Gasteiger partial charge is 0.406 e. The van der Waals surface area contributed by atoms with Crippen LogP contribution in [0.4, 0.5) is 32.0 Å². The van der Waals surface area contributed by atoms with Crippen molar-refractivity contribution in [2.75, 3.05) is 18.1 Å². The highest BCUT2D eigenvalue weighted by atomic mass is 19.4. The number of rotatable bonds is 9. The number of anilines is 1. The van der Waals surface area contributed by atoms with Crippen LogP contribution >= 0.6 is 0 Å². The maximum absolute atomic E-state index is 13.1. The van der Waals surface area contributed by atoms with Crippen molar-refractivity contribution in [2.45, 2.75) is 25.5 Å². The molecular formula is C25H23F6NO2. The van der Waals surface area contributed by atoms with E-state index in [4.69, 9.17) is 0 Å². The van der Waals surface area contributed by atoms with Gasteiger partial charge in [-0.15, -0.1) is 13.2 Å². The summed E-state index contributed by atoms with van der Waals surface area (Å²) in [5, 5.41) is 9.18. The van der Waals surface area contributed by atoms with Crippen LogP contribution in [-0.2, 0) is 6.54 Å². The van der Waals surface area contributed by atoms with Gasteiger partial charge in [0.15, 0.2) is 0 Å². The first kappa shape index (κ1) is 25.4. The lowest BCUT2D eigenvalue weighted by Crippen LogP contribution is -2.32. The van der Waals surface area contributed by atoms with Crippen LogP contribution in [0.15, 0.2) is 78.9 Å². The van der Waals surface area contributed by atoms with Gasteiger partial charge in [-0.05, 0) is 47.4 Å². The molecule has 0 bridgehead atoms. The molecule has 3 aromatic carbocycles. The van der Waals surface area contributed by atoms with Crippen molar-refractivity contribution in [1.82, 2.24) is 0 Å². The number of ether oxygens (including phenoxy) is 1. The molecule has 1 N–H and O–H groups in total. The van der Waals surface area contributed by atoms with Crippen LogP contribution in [0.5, 0.6) is 5.75 Å². The van der Waals surface area contributed by atoms with E-state index in [0.29, 0.717) is 11.3 Å². The highest BCUT2D eigenvalue weighted by Gasteiger charge is 2.39. The Morgan fingerprint density at radius 3 is 2.03 bits per heavy atom. The first-order chi connectivity index (χ1) is 16.0. The van der Waals surface area contributed by atoms with Crippen molar-refractivity contribution in [3.8, 4) is 16.9 Å². The highest BCUT2D eigenvalue weighted by Crippen LogP contribution is 2.31. The van der Waals surface area contributed by atoms with E-state index >= 15 is 0 Å². The number of nitrogens with zero attached hydrogens (tertiary/aromatic N) is 1. The van der Waals surface area contributed by atoms with Crippen LogP contribution in [0, 0.1) is 5.92 Å². The van der Waals surface area contributed by atoms with E-state index in [9.17, 15) is 31.4 Å². The van der Waals surface area contributed by atoms with Crippen molar-refractivity contribution in [3.63, 3.8) is 0 Å². The maximum atomic E-state index is 13.1. The molecule has 0 amide bonds. The Morgan fingerprint density at radius 2 is 1.44 bits per heavy atom. The summed E-state index contributed by atoms with van der Waals surface area (Å²) in [6.07, 6.45) is -9.79. The first-order valence-electron chi connectivity index (χ1n) is 10.5. The predicted octanol–water partition coefficient (Wildman–Crippen LogP) is 6.82. The van der Waals surface area contributed by atoms with Crippen molar-refractivity contribution in [3.05, 3.63) is 84.4 Å². The third kappa shape index (κ3) is 7.41. The lowest BCUT2D eigenvalue weighted by atomic mass is 10.0. The van der Waals surface area contributed by atoms with Crippen molar-refractivity contribution >= 4 is 5.69 Å². The van der Waals surface area contributed by atoms with Gasteiger partial charge in [0.05, 0.1) is 12.5 Å². The maximum Gasteiger partial charge on any atom is 0.573 e. The van der Waals surface area contributed by atoms with Gasteiger partial charge in [-0.1, -0.05) is 54.6 Å². The molecule has 1 unspecified atom stereocenters. The number of hydrogen-bond acceptors (Lipinski definition) is 3. The van der Waals surface area contributed by atoms with Gasteiger partial charge in [0.25, 0.3) is 0 Å². The zero-order chi connectivity index (χ0) is 24.8. The number of hydrogen-bond donors (Lipinski definition) is 1. The molecule has 34 heavy (non-hydrogen) atoms. The van der Waals surface area contributed by atoms with Gasteiger partial charge in [0, 0.05) is 18.8 Å². The lowest BCUT2D eigenvalue weighted by molar-refractivity contribution is -0.274. The average Bonchev–Trinajstić information content (AvgIpc) is 2.78. The molecule has 0 aromatic heterocycles. The monoisotopic (exact) mass is 483 g/mol. The molecule has 0 saturated heterocycles. The molecule has 0 aliphatic carbocycles. The summed E-state index contributed by atoms with van der Waals surface area (Å²) in [5.41, 5.74) is 2.91. The second kappa shape index (κ2) is 10.8. The molecular weight excluding hydrogens is 460 g/mol.